The highest BCUT2D eigenvalue weighted by Crippen LogP contribution is 2.25. The first-order chi connectivity index (χ1) is 6.69. The lowest BCUT2D eigenvalue weighted by atomic mass is 10.0. The summed E-state index contributed by atoms with van der Waals surface area (Å²) in [5.74, 6) is 0. The van der Waals surface area contributed by atoms with Crippen LogP contribution in [0, 0.1) is 11.3 Å². The molecule has 2 N–H and O–H groups in total. The minimum absolute atomic E-state index is 0.0575. The van der Waals surface area contributed by atoms with E-state index in [-0.39, 0.29) is 6.04 Å². The van der Waals surface area contributed by atoms with Crippen LogP contribution in [-0.4, -0.2) is 0 Å². The summed E-state index contributed by atoms with van der Waals surface area (Å²) in [5.41, 5.74) is 7.72. The SMILES string of the molecule is CCCC(N)c1ccc(C#N)cc1Br. The van der Waals surface area contributed by atoms with Crippen molar-refractivity contribution in [1.82, 2.24) is 0 Å². The van der Waals surface area contributed by atoms with Crippen molar-refractivity contribution < 1.29 is 0 Å². The third kappa shape index (κ3) is 2.57. The summed E-state index contributed by atoms with van der Waals surface area (Å²) in [6.07, 6.45) is 2.03. The fourth-order valence-electron chi connectivity index (χ4n) is 1.36. The Morgan fingerprint density at radius 2 is 2.29 bits per heavy atom. The van der Waals surface area contributed by atoms with Gasteiger partial charge in [0.25, 0.3) is 0 Å². The lowest BCUT2D eigenvalue weighted by molar-refractivity contribution is 0.636. The molecule has 1 rings (SSSR count). The van der Waals surface area contributed by atoms with Gasteiger partial charge in [-0.05, 0) is 24.1 Å². The molecule has 0 bridgehead atoms. The van der Waals surface area contributed by atoms with Crippen molar-refractivity contribution in [3.8, 4) is 6.07 Å². The second-order valence-corrected chi connectivity index (χ2v) is 4.10. The Morgan fingerprint density at radius 3 is 2.79 bits per heavy atom. The molecule has 0 amide bonds. The highest BCUT2D eigenvalue weighted by Gasteiger charge is 2.08. The predicted octanol–water partition coefficient (Wildman–Crippen LogP) is 3.12. The molecule has 0 saturated heterocycles. The molecule has 0 fully saturated rings. The van der Waals surface area contributed by atoms with Crippen LogP contribution in [0.15, 0.2) is 22.7 Å². The molecule has 0 aliphatic carbocycles. The maximum absolute atomic E-state index is 8.69. The first-order valence-electron chi connectivity index (χ1n) is 4.64. The van der Waals surface area contributed by atoms with Crippen LogP contribution in [0.25, 0.3) is 0 Å². The number of nitriles is 1. The van der Waals surface area contributed by atoms with Gasteiger partial charge in [0.05, 0.1) is 11.6 Å². The standard InChI is InChI=1S/C11H13BrN2/c1-2-3-11(14)9-5-4-8(7-13)6-10(9)12/h4-6,11H,2-3,14H2,1H3. The summed E-state index contributed by atoms with van der Waals surface area (Å²) in [7, 11) is 0. The predicted molar refractivity (Wildman–Crippen MR) is 60.7 cm³/mol. The lowest BCUT2D eigenvalue weighted by Crippen LogP contribution is -2.10. The van der Waals surface area contributed by atoms with Gasteiger partial charge in [-0.25, -0.2) is 0 Å². The van der Waals surface area contributed by atoms with Gasteiger partial charge in [-0.15, -0.1) is 0 Å². The van der Waals surface area contributed by atoms with Crippen molar-refractivity contribution in [1.29, 1.82) is 5.26 Å². The fourth-order valence-corrected chi connectivity index (χ4v) is 2.04. The van der Waals surface area contributed by atoms with Gasteiger partial charge in [-0.1, -0.05) is 35.3 Å². The molecular weight excluding hydrogens is 240 g/mol. The Bertz CT molecular complexity index is 355. The molecule has 1 atom stereocenters. The molecule has 14 heavy (non-hydrogen) atoms. The second-order valence-electron chi connectivity index (χ2n) is 3.24. The summed E-state index contributed by atoms with van der Waals surface area (Å²) < 4.78 is 0.928. The number of rotatable bonds is 3. The van der Waals surface area contributed by atoms with Crippen molar-refractivity contribution in [2.75, 3.05) is 0 Å². The third-order valence-corrected chi connectivity index (χ3v) is 2.82. The van der Waals surface area contributed by atoms with Gasteiger partial charge in [0.15, 0.2) is 0 Å². The molecule has 1 aromatic rings. The Kier molecular flexibility index (Phi) is 4.12. The smallest absolute Gasteiger partial charge is 0.0992 e. The first kappa shape index (κ1) is 11.2. The van der Waals surface area contributed by atoms with Crippen LogP contribution in [0.5, 0.6) is 0 Å². The van der Waals surface area contributed by atoms with Crippen molar-refractivity contribution in [3.63, 3.8) is 0 Å². The first-order valence-corrected chi connectivity index (χ1v) is 5.43. The molecule has 0 aliphatic rings. The van der Waals surface area contributed by atoms with Gasteiger partial charge in [-0.3, -0.25) is 0 Å². The van der Waals surface area contributed by atoms with Gasteiger partial charge >= 0.3 is 0 Å². The zero-order valence-corrected chi connectivity index (χ0v) is 9.71. The Morgan fingerprint density at radius 1 is 1.57 bits per heavy atom. The number of benzene rings is 1. The highest BCUT2D eigenvalue weighted by atomic mass is 79.9. The molecule has 3 heteroatoms. The molecule has 0 aromatic heterocycles. The molecule has 0 heterocycles. The van der Waals surface area contributed by atoms with Crippen LogP contribution in [-0.2, 0) is 0 Å². The molecule has 74 valence electrons. The van der Waals surface area contributed by atoms with Gasteiger partial charge in [0.2, 0.25) is 0 Å². The molecule has 0 saturated carbocycles. The molecular formula is C11H13BrN2. The van der Waals surface area contributed by atoms with Gasteiger partial charge < -0.3 is 5.73 Å². The van der Waals surface area contributed by atoms with Crippen molar-refractivity contribution in [2.24, 2.45) is 5.73 Å². The normalized spacial score (nSPS) is 12.1. The van der Waals surface area contributed by atoms with Crippen molar-refractivity contribution in [2.45, 2.75) is 25.8 Å². The summed E-state index contributed by atoms with van der Waals surface area (Å²) in [6, 6.07) is 7.68. The van der Waals surface area contributed by atoms with E-state index in [0.717, 1.165) is 22.9 Å². The maximum atomic E-state index is 8.69. The van der Waals surface area contributed by atoms with Crippen molar-refractivity contribution >= 4 is 15.9 Å². The number of halogens is 1. The maximum Gasteiger partial charge on any atom is 0.0992 e. The lowest BCUT2D eigenvalue weighted by Gasteiger charge is -2.12. The van der Waals surface area contributed by atoms with E-state index >= 15 is 0 Å². The van der Waals surface area contributed by atoms with E-state index in [2.05, 4.69) is 28.9 Å². The molecule has 2 nitrogen and oxygen atoms in total. The van der Waals surface area contributed by atoms with E-state index in [9.17, 15) is 0 Å². The number of hydrogen-bond acceptors (Lipinski definition) is 2. The zero-order chi connectivity index (χ0) is 10.6. The van der Waals surface area contributed by atoms with E-state index in [1.54, 1.807) is 6.07 Å². The fraction of sp³-hybridized carbons (Fsp3) is 0.364. The second kappa shape index (κ2) is 5.14. The van der Waals surface area contributed by atoms with E-state index < -0.39 is 0 Å². The zero-order valence-electron chi connectivity index (χ0n) is 8.13. The molecule has 0 radical (unpaired) electrons. The summed E-state index contributed by atoms with van der Waals surface area (Å²) in [5, 5.41) is 8.69. The molecule has 0 aliphatic heterocycles. The monoisotopic (exact) mass is 252 g/mol. The minimum atomic E-state index is 0.0575. The Balaban J connectivity index is 2.95. The van der Waals surface area contributed by atoms with Crippen LogP contribution in [0.1, 0.15) is 36.9 Å². The number of nitrogens with two attached hydrogens (primary N) is 1. The van der Waals surface area contributed by atoms with E-state index in [1.165, 1.54) is 0 Å². The third-order valence-electron chi connectivity index (χ3n) is 2.13. The van der Waals surface area contributed by atoms with Crippen LogP contribution in [0.4, 0.5) is 0 Å². The largest absolute Gasteiger partial charge is 0.324 e. The number of hydrogen-bond donors (Lipinski definition) is 1. The van der Waals surface area contributed by atoms with E-state index in [0.29, 0.717) is 5.56 Å². The van der Waals surface area contributed by atoms with Crippen LogP contribution in [0.2, 0.25) is 0 Å². The van der Waals surface area contributed by atoms with Gasteiger partial charge in [0, 0.05) is 10.5 Å². The van der Waals surface area contributed by atoms with Gasteiger partial charge in [-0.2, -0.15) is 5.26 Å². The van der Waals surface area contributed by atoms with Crippen LogP contribution < -0.4 is 5.73 Å². The summed E-state index contributed by atoms with van der Waals surface area (Å²) in [6.45, 7) is 2.11. The van der Waals surface area contributed by atoms with E-state index in [4.69, 9.17) is 11.0 Å². The molecule has 1 unspecified atom stereocenters. The molecule has 1 aromatic carbocycles. The number of nitrogens with zero attached hydrogens (tertiary/aromatic N) is 1. The van der Waals surface area contributed by atoms with Crippen molar-refractivity contribution in [3.05, 3.63) is 33.8 Å². The topological polar surface area (TPSA) is 49.8 Å². The highest BCUT2D eigenvalue weighted by molar-refractivity contribution is 9.10. The Hall–Kier alpha value is -0.850. The quantitative estimate of drug-likeness (QED) is 0.899. The molecule has 0 spiro atoms. The summed E-state index contributed by atoms with van der Waals surface area (Å²) in [4.78, 5) is 0. The van der Waals surface area contributed by atoms with Crippen LogP contribution >= 0.6 is 15.9 Å². The van der Waals surface area contributed by atoms with Gasteiger partial charge in [0.1, 0.15) is 0 Å². The summed E-state index contributed by atoms with van der Waals surface area (Å²) >= 11 is 3.43. The van der Waals surface area contributed by atoms with Crippen LogP contribution in [0.3, 0.4) is 0 Å². The average Bonchev–Trinajstić information content (AvgIpc) is 2.17. The average molecular weight is 253 g/mol. The minimum Gasteiger partial charge on any atom is -0.324 e. The Labute approximate surface area is 92.9 Å². The van der Waals surface area contributed by atoms with E-state index in [1.807, 2.05) is 12.1 Å².